The van der Waals surface area contributed by atoms with Crippen LogP contribution in [-0.2, 0) is 19.2 Å². The van der Waals surface area contributed by atoms with Crippen molar-refractivity contribution < 1.29 is 27.4 Å². The SMILES string of the molecule is Oc1cccc(-c2ccccc2)c1.[F][Ti]=[C](c1ccccc1)c1ccccc1. The van der Waals surface area contributed by atoms with Gasteiger partial charge in [-0.1, -0.05) is 42.5 Å². The second-order valence-corrected chi connectivity index (χ2v) is 7.19. The molecule has 0 fully saturated rings. The number of rotatable bonds is 3. The summed E-state index contributed by atoms with van der Waals surface area (Å²) >= 11 is -1.53. The Hall–Kier alpha value is -2.81. The van der Waals surface area contributed by atoms with Crippen molar-refractivity contribution in [2.45, 2.75) is 0 Å². The molecule has 28 heavy (non-hydrogen) atoms. The summed E-state index contributed by atoms with van der Waals surface area (Å²) in [4.78, 5) is 0. The van der Waals surface area contributed by atoms with Crippen molar-refractivity contribution in [2.24, 2.45) is 0 Å². The Bertz CT molecular complexity index is 974. The van der Waals surface area contributed by atoms with Crippen LogP contribution in [0.15, 0.2) is 115 Å². The average molecular weight is 403 g/mol. The molecule has 1 N–H and O–H groups in total. The third-order valence-electron chi connectivity index (χ3n) is 4.17. The summed E-state index contributed by atoms with van der Waals surface area (Å²) in [7, 11) is 0. The molecule has 0 unspecified atom stereocenters. The van der Waals surface area contributed by atoms with Gasteiger partial charge in [-0.3, -0.25) is 0 Å². The molecule has 0 aliphatic carbocycles. The quantitative estimate of drug-likeness (QED) is 0.399. The minimum absolute atomic E-state index is 0.307. The van der Waals surface area contributed by atoms with Crippen LogP contribution in [0.4, 0.5) is 3.09 Å². The number of phenolic OH excluding ortho intramolecular Hbond substituents is 1. The van der Waals surface area contributed by atoms with Crippen molar-refractivity contribution in [3.63, 3.8) is 0 Å². The molecular formula is C25H20FOTi. The van der Waals surface area contributed by atoms with E-state index in [2.05, 4.69) is 0 Å². The van der Waals surface area contributed by atoms with Crippen LogP contribution in [0.25, 0.3) is 11.1 Å². The molecule has 0 atom stereocenters. The molecule has 4 rings (SSSR count). The zero-order chi connectivity index (χ0) is 19.6. The second kappa shape index (κ2) is 10.5. The van der Waals surface area contributed by atoms with E-state index in [0.29, 0.717) is 5.75 Å². The maximum absolute atomic E-state index is 13.1. The summed E-state index contributed by atoms with van der Waals surface area (Å²) in [5.41, 5.74) is 4.18. The zero-order valence-electron chi connectivity index (χ0n) is 15.3. The first-order chi connectivity index (χ1) is 13.8. The monoisotopic (exact) mass is 403 g/mol. The van der Waals surface area contributed by atoms with Gasteiger partial charge in [-0.2, -0.15) is 0 Å². The van der Waals surface area contributed by atoms with Crippen LogP contribution in [0, 0.1) is 0 Å². The molecule has 0 radical (unpaired) electrons. The third-order valence-corrected chi connectivity index (χ3v) is 5.37. The molecule has 0 heterocycles. The van der Waals surface area contributed by atoms with Crippen LogP contribution in [0.3, 0.4) is 0 Å². The topological polar surface area (TPSA) is 20.2 Å². The summed E-state index contributed by atoms with van der Waals surface area (Å²) in [6.07, 6.45) is 0. The van der Waals surface area contributed by atoms with E-state index < -0.39 is 19.2 Å². The third kappa shape index (κ3) is 5.59. The fourth-order valence-corrected chi connectivity index (χ4v) is 3.66. The summed E-state index contributed by atoms with van der Waals surface area (Å²) in [6, 6.07) is 36.8. The first kappa shape index (κ1) is 19.9. The van der Waals surface area contributed by atoms with Gasteiger partial charge >= 0.3 is 97.9 Å². The summed E-state index contributed by atoms with van der Waals surface area (Å²) in [5.74, 6) is 0.307. The van der Waals surface area contributed by atoms with Crippen molar-refractivity contribution >= 4 is 3.81 Å². The molecule has 1 nitrogen and oxygen atoms in total. The first-order valence-electron chi connectivity index (χ1n) is 8.97. The Balaban J connectivity index is 0.000000162. The molecule has 0 spiro atoms. The second-order valence-electron chi connectivity index (χ2n) is 6.12. The van der Waals surface area contributed by atoms with Crippen molar-refractivity contribution in [2.75, 3.05) is 0 Å². The standard InChI is InChI=1S/C13H10.C12H10O.FH.Ti/c1-3-7-12(8-4-1)11-13-9-5-2-6-10-13;13-12-8-4-7-11(9-12)10-5-2-1-3-6-10;;/h1-10H;1-9,13H;1H;/q;;;+1/p-1. The van der Waals surface area contributed by atoms with Gasteiger partial charge in [0.1, 0.15) is 5.75 Å². The fourth-order valence-electron chi connectivity index (χ4n) is 2.80. The molecule has 0 aliphatic heterocycles. The van der Waals surface area contributed by atoms with Gasteiger partial charge < -0.3 is 5.11 Å². The van der Waals surface area contributed by atoms with Gasteiger partial charge in [-0.25, -0.2) is 0 Å². The van der Waals surface area contributed by atoms with Crippen molar-refractivity contribution in [1.82, 2.24) is 0 Å². The predicted molar refractivity (Wildman–Crippen MR) is 111 cm³/mol. The Morgan fingerprint density at radius 1 is 0.571 bits per heavy atom. The summed E-state index contributed by atoms with van der Waals surface area (Å²) in [5, 5.41) is 9.27. The number of benzene rings is 4. The summed E-state index contributed by atoms with van der Waals surface area (Å²) < 4.78 is 14.0. The Labute approximate surface area is 174 Å². The van der Waals surface area contributed by atoms with E-state index in [1.54, 1.807) is 12.1 Å². The maximum atomic E-state index is 13.1. The molecule has 137 valence electrons. The Morgan fingerprint density at radius 2 is 1.04 bits per heavy atom. The fraction of sp³-hybridized carbons (Fsp3) is 0. The molecule has 4 aromatic carbocycles. The van der Waals surface area contributed by atoms with E-state index in [1.165, 1.54) is 0 Å². The number of halogens is 1. The number of hydrogen-bond acceptors (Lipinski definition) is 1. The molecule has 0 saturated carbocycles. The number of aromatic hydroxyl groups is 1. The van der Waals surface area contributed by atoms with Gasteiger partial charge in [0.25, 0.3) is 0 Å². The normalized spacial score (nSPS) is 9.61. The van der Waals surface area contributed by atoms with Crippen LogP contribution >= 0.6 is 0 Å². The van der Waals surface area contributed by atoms with Gasteiger partial charge in [-0.15, -0.1) is 0 Å². The van der Waals surface area contributed by atoms with Gasteiger partial charge in [0.15, 0.2) is 0 Å². The van der Waals surface area contributed by atoms with Crippen LogP contribution in [0.2, 0.25) is 0 Å². The molecule has 0 aliphatic rings. The van der Waals surface area contributed by atoms with E-state index >= 15 is 0 Å². The van der Waals surface area contributed by atoms with E-state index in [0.717, 1.165) is 26.1 Å². The van der Waals surface area contributed by atoms with Crippen molar-refractivity contribution in [1.29, 1.82) is 0 Å². The molecule has 0 saturated heterocycles. The molecule has 0 aromatic heterocycles. The minimum atomic E-state index is -1.53. The Kier molecular flexibility index (Phi) is 7.48. The van der Waals surface area contributed by atoms with Gasteiger partial charge in [-0.05, 0) is 23.3 Å². The molecule has 0 amide bonds. The van der Waals surface area contributed by atoms with E-state index in [4.69, 9.17) is 0 Å². The van der Waals surface area contributed by atoms with E-state index in [9.17, 15) is 8.20 Å². The van der Waals surface area contributed by atoms with Crippen LogP contribution in [0.5, 0.6) is 5.75 Å². The average Bonchev–Trinajstić information content (AvgIpc) is 2.77. The van der Waals surface area contributed by atoms with Gasteiger partial charge in [0.2, 0.25) is 0 Å². The van der Waals surface area contributed by atoms with E-state index in [1.807, 2.05) is 103 Å². The van der Waals surface area contributed by atoms with Gasteiger partial charge in [0, 0.05) is 0 Å². The zero-order valence-corrected chi connectivity index (χ0v) is 16.9. The van der Waals surface area contributed by atoms with E-state index in [-0.39, 0.29) is 0 Å². The summed E-state index contributed by atoms with van der Waals surface area (Å²) in [6.45, 7) is 0. The van der Waals surface area contributed by atoms with Crippen LogP contribution in [0.1, 0.15) is 11.1 Å². The molecule has 3 heteroatoms. The molecule has 0 bridgehead atoms. The predicted octanol–water partition coefficient (Wildman–Crippen LogP) is 6.28. The Morgan fingerprint density at radius 3 is 1.50 bits per heavy atom. The first-order valence-corrected chi connectivity index (χ1v) is 10.3. The van der Waals surface area contributed by atoms with Crippen LogP contribution in [-0.4, -0.2) is 8.92 Å². The van der Waals surface area contributed by atoms with Crippen LogP contribution < -0.4 is 0 Å². The molecule has 4 aromatic rings. The van der Waals surface area contributed by atoms with Crippen molar-refractivity contribution in [3.05, 3.63) is 126 Å². The number of phenols is 1. The number of hydrogen-bond donors (Lipinski definition) is 1. The molecular weight excluding hydrogens is 383 g/mol. The van der Waals surface area contributed by atoms with Gasteiger partial charge in [0.05, 0.1) is 0 Å². The van der Waals surface area contributed by atoms with Crippen molar-refractivity contribution in [3.8, 4) is 16.9 Å².